The highest BCUT2D eigenvalue weighted by molar-refractivity contribution is 5.75. The summed E-state index contributed by atoms with van der Waals surface area (Å²) < 4.78 is 22.3. The zero-order valence-corrected chi connectivity index (χ0v) is 21.6. The van der Waals surface area contributed by atoms with Crippen LogP contribution in [-0.4, -0.2) is 31.8 Å². The van der Waals surface area contributed by atoms with Gasteiger partial charge in [0.05, 0.1) is 25.2 Å². The van der Waals surface area contributed by atoms with Crippen molar-refractivity contribution in [2.75, 3.05) is 19.8 Å². The van der Waals surface area contributed by atoms with Gasteiger partial charge in [-0.1, -0.05) is 12.1 Å². The number of esters is 2. The number of ether oxygens (including phenoxy) is 4. The summed E-state index contributed by atoms with van der Waals surface area (Å²) in [6.07, 6.45) is 2.24. The first-order valence-electron chi connectivity index (χ1n) is 11.9. The summed E-state index contributed by atoms with van der Waals surface area (Å²) in [7, 11) is 0. The molecule has 0 atom stereocenters. The molecule has 0 N–H and O–H groups in total. The molecule has 0 bridgehead atoms. The second kappa shape index (κ2) is 12.4. The molecule has 0 amide bonds. The van der Waals surface area contributed by atoms with Crippen LogP contribution in [0.1, 0.15) is 62.8 Å². The molecule has 0 saturated carbocycles. The molecule has 0 unspecified atom stereocenters. The average Bonchev–Trinajstić information content (AvgIpc) is 2.78. The van der Waals surface area contributed by atoms with E-state index in [1.807, 2.05) is 71.9 Å². The zero-order chi connectivity index (χ0) is 25.3. The van der Waals surface area contributed by atoms with Gasteiger partial charge in [0.15, 0.2) is 0 Å². The molecule has 0 heterocycles. The smallest absolute Gasteiger partial charge is 0.311 e. The summed E-state index contributed by atoms with van der Waals surface area (Å²) in [5.41, 5.74) is 3.41. The summed E-state index contributed by atoms with van der Waals surface area (Å²) in [5.74, 6) is 1.73. The Hall–Kier alpha value is -3.02. The molecular weight excluding hydrogens is 432 g/mol. The Morgan fingerprint density at radius 1 is 0.941 bits per heavy atom. The Morgan fingerprint density at radius 2 is 1.62 bits per heavy atom. The van der Waals surface area contributed by atoms with Crippen LogP contribution in [0.4, 0.5) is 0 Å². The van der Waals surface area contributed by atoms with Gasteiger partial charge in [0.1, 0.15) is 17.2 Å². The minimum atomic E-state index is -0.501. The Balaban J connectivity index is 1.81. The van der Waals surface area contributed by atoms with E-state index in [9.17, 15) is 9.59 Å². The van der Waals surface area contributed by atoms with Crippen LogP contribution >= 0.6 is 0 Å². The standard InChI is InChI=1S/C28H38O6/c1-8-31-27(30)28(6,7)15-9-16-32-24-12-10-23(11-13-24)14-17-33-25-18-19(2)26(34-22(5)29)21(4)20(25)3/h10-13,18H,8-9,14-17H2,1-7H3. The van der Waals surface area contributed by atoms with Crippen molar-refractivity contribution < 1.29 is 28.5 Å². The van der Waals surface area contributed by atoms with E-state index in [-0.39, 0.29) is 11.9 Å². The number of rotatable bonds is 12. The first-order chi connectivity index (χ1) is 16.0. The van der Waals surface area contributed by atoms with Gasteiger partial charge in [-0.2, -0.15) is 0 Å². The molecule has 0 radical (unpaired) electrons. The second-order valence-electron chi connectivity index (χ2n) is 9.16. The molecule has 0 aliphatic carbocycles. The van der Waals surface area contributed by atoms with Crippen LogP contribution in [0.15, 0.2) is 30.3 Å². The first kappa shape index (κ1) is 27.2. The van der Waals surface area contributed by atoms with E-state index in [1.165, 1.54) is 6.92 Å². The molecular formula is C28H38O6. The van der Waals surface area contributed by atoms with E-state index < -0.39 is 5.41 Å². The molecule has 0 fully saturated rings. The minimum absolute atomic E-state index is 0.164. The van der Waals surface area contributed by atoms with Crippen molar-refractivity contribution in [1.29, 1.82) is 0 Å². The molecule has 0 aromatic heterocycles. The van der Waals surface area contributed by atoms with Crippen LogP contribution in [0.25, 0.3) is 0 Å². The van der Waals surface area contributed by atoms with Gasteiger partial charge >= 0.3 is 11.9 Å². The molecule has 0 aliphatic rings. The third-order valence-corrected chi connectivity index (χ3v) is 5.84. The highest BCUT2D eigenvalue weighted by Crippen LogP contribution is 2.33. The van der Waals surface area contributed by atoms with Gasteiger partial charge in [-0.25, -0.2) is 0 Å². The maximum absolute atomic E-state index is 12.0. The predicted octanol–water partition coefficient (Wildman–Crippen LogP) is 5.91. The molecule has 0 saturated heterocycles. The largest absolute Gasteiger partial charge is 0.494 e. The molecule has 2 rings (SSSR count). The lowest BCUT2D eigenvalue weighted by Crippen LogP contribution is -2.27. The second-order valence-corrected chi connectivity index (χ2v) is 9.16. The van der Waals surface area contributed by atoms with Crippen molar-refractivity contribution >= 4 is 11.9 Å². The monoisotopic (exact) mass is 470 g/mol. The van der Waals surface area contributed by atoms with Gasteiger partial charge < -0.3 is 18.9 Å². The number of carbonyl (C=O) groups excluding carboxylic acids is 2. The van der Waals surface area contributed by atoms with Crippen molar-refractivity contribution in [2.24, 2.45) is 5.41 Å². The number of aryl methyl sites for hydroxylation is 1. The van der Waals surface area contributed by atoms with E-state index in [0.717, 1.165) is 46.6 Å². The fourth-order valence-corrected chi connectivity index (χ4v) is 3.64. The van der Waals surface area contributed by atoms with E-state index in [0.29, 0.717) is 32.0 Å². The summed E-state index contributed by atoms with van der Waals surface area (Å²) in [6, 6.07) is 9.90. The molecule has 6 nitrogen and oxygen atoms in total. The quantitative estimate of drug-likeness (QED) is 0.218. The van der Waals surface area contributed by atoms with Gasteiger partial charge in [-0.05, 0) is 94.8 Å². The van der Waals surface area contributed by atoms with Gasteiger partial charge in [-0.15, -0.1) is 0 Å². The first-order valence-corrected chi connectivity index (χ1v) is 11.9. The maximum atomic E-state index is 12.0. The number of benzene rings is 2. The maximum Gasteiger partial charge on any atom is 0.311 e. The zero-order valence-electron chi connectivity index (χ0n) is 21.6. The third-order valence-electron chi connectivity index (χ3n) is 5.84. The van der Waals surface area contributed by atoms with Gasteiger partial charge in [0, 0.05) is 13.3 Å². The summed E-state index contributed by atoms with van der Waals surface area (Å²) in [4.78, 5) is 23.3. The SMILES string of the molecule is CCOC(=O)C(C)(C)CCCOc1ccc(CCOc2cc(C)c(OC(C)=O)c(C)c2C)cc1. The fraction of sp³-hybridized carbons (Fsp3) is 0.500. The lowest BCUT2D eigenvalue weighted by atomic mass is 9.88. The van der Waals surface area contributed by atoms with Crippen molar-refractivity contribution in [3.05, 3.63) is 52.6 Å². The topological polar surface area (TPSA) is 71.1 Å². The molecule has 2 aromatic rings. The molecule has 2 aromatic carbocycles. The molecule has 0 spiro atoms. The Kier molecular flexibility index (Phi) is 9.97. The van der Waals surface area contributed by atoms with Crippen LogP contribution in [0.5, 0.6) is 17.2 Å². The number of hydrogen-bond acceptors (Lipinski definition) is 6. The average molecular weight is 471 g/mol. The summed E-state index contributed by atoms with van der Waals surface area (Å²) in [5, 5.41) is 0. The normalized spacial score (nSPS) is 11.1. The Morgan fingerprint density at radius 3 is 2.24 bits per heavy atom. The summed E-state index contributed by atoms with van der Waals surface area (Å²) in [6.45, 7) is 14.3. The van der Waals surface area contributed by atoms with E-state index >= 15 is 0 Å². The van der Waals surface area contributed by atoms with Crippen molar-refractivity contribution in [2.45, 2.75) is 67.7 Å². The van der Waals surface area contributed by atoms with Crippen molar-refractivity contribution in [3.63, 3.8) is 0 Å². The van der Waals surface area contributed by atoms with Crippen LogP contribution in [0, 0.1) is 26.2 Å². The van der Waals surface area contributed by atoms with Gasteiger partial charge in [0.25, 0.3) is 0 Å². The molecule has 34 heavy (non-hydrogen) atoms. The van der Waals surface area contributed by atoms with Crippen molar-refractivity contribution in [3.8, 4) is 17.2 Å². The summed E-state index contributed by atoms with van der Waals surface area (Å²) >= 11 is 0. The fourth-order valence-electron chi connectivity index (χ4n) is 3.64. The minimum Gasteiger partial charge on any atom is -0.494 e. The molecule has 0 aliphatic heterocycles. The van der Waals surface area contributed by atoms with Crippen LogP contribution in [0.2, 0.25) is 0 Å². The number of hydrogen-bond donors (Lipinski definition) is 0. The lowest BCUT2D eigenvalue weighted by molar-refractivity contribution is -0.153. The van der Waals surface area contributed by atoms with Crippen molar-refractivity contribution in [1.82, 2.24) is 0 Å². The Bertz CT molecular complexity index is 975. The molecule has 186 valence electrons. The Labute approximate surface area is 203 Å². The van der Waals surface area contributed by atoms with E-state index in [4.69, 9.17) is 18.9 Å². The lowest BCUT2D eigenvalue weighted by Gasteiger charge is -2.22. The van der Waals surface area contributed by atoms with Crippen LogP contribution < -0.4 is 14.2 Å². The predicted molar refractivity (Wildman–Crippen MR) is 133 cm³/mol. The molecule has 6 heteroatoms. The van der Waals surface area contributed by atoms with E-state index in [2.05, 4.69) is 0 Å². The number of carbonyl (C=O) groups is 2. The third kappa shape index (κ3) is 7.79. The van der Waals surface area contributed by atoms with E-state index in [1.54, 1.807) is 0 Å². The van der Waals surface area contributed by atoms with Crippen LogP contribution in [0.3, 0.4) is 0 Å². The highest BCUT2D eigenvalue weighted by Gasteiger charge is 2.28. The highest BCUT2D eigenvalue weighted by atomic mass is 16.5. The van der Waals surface area contributed by atoms with Gasteiger partial charge in [-0.3, -0.25) is 9.59 Å². The van der Waals surface area contributed by atoms with Crippen LogP contribution in [-0.2, 0) is 20.7 Å². The van der Waals surface area contributed by atoms with Gasteiger partial charge in [0.2, 0.25) is 0 Å².